The van der Waals surface area contributed by atoms with Crippen molar-refractivity contribution >= 4 is 48.8 Å². The first-order valence-corrected chi connectivity index (χ1v) is 21.3. The fourth-order valence-electron chi connectivity index (χ4n) is 9.55. The van der Waals surface area contributed by atoms with Gasteiger partial charge in [0.05, 0.1) is 16.8 Å². The van der Waals surface area contributed by atoms with Gasteiger partial charge in [0, 0.05) is 36.9 Å². The molecule has 1 aliphatic heterocycles. The normalized spacial score (nSPS) is 17.6. The molecule has 2 aliphatic rings. The van der Waals surface area contributed by atoms with E-state index in [4.69, 9.17) is 9.98 Å². The van der Waals surface area contributed by atoms with Crippen LogP contribution >= 0.6 is 11.3 Å². The molecule has 8 aromatic carbocycles. The summed E-state index contributed by atoms with van der Waals surface area (Å²) < 4.78 is 2.58. The summed E-state index contributed by atoms with van der Waals surface area (Å²) in [6.07, 6.45) is 1.62. The molecule has 3 heteroatoms. The second-order valence-corrected chi connectivity index (χ2v) is 16.7. The van der Waals surface area contributed by atoms with Gasteiger partial charge in [0.25, 0.3) is 0 Å². The fraction of sp³-hybridized carbons (Fsp3) is 0.0714. The minimum absolute atomic E-state index is 0.533. The number of benzene rings is 8. The predicted octanol–water partition coefficient (Wildman–Crippen LogP) is 14.5. The Morgan fingerprint density at radius 2 is 1.03 bits per heavy atom. The van der Waals surface area contributed by atoms with Crippen LogP contribution in [0.3, 0.4) is 0 Å². The molecule has 0 saturated carbocycles. The van der Waals surface area contributed by atoms with Crippen molar-refractivity contribution in [2.24, 2.45) is 9.98 Å². The molecular formula is C56H40N2S. The van der Waals surface area contributed by atoms with Crippen LogP contribution in [0.4, 0.5) is 0 Å². The molecule has 9 aromatic rings. The molecule has 0 spiro atoms. The molecule has 0 saturated heterocycles. The standard InChI is InChI=1S/C56H40N2S/c1-37-33-34-51(45-30-18-29-44-43-28-15-17-32-52(43)59-54(44)45)57-55(39-21-8-3-9-22-39)58-53(37)48-36-50-47(35-46(48)38-19-6-2-7-20-38)42-27-14-16-31-49(42)56(50,40-23-10-4-11-24-40)41-25-12-5-13-26-41/h2-32,35-36H,33-34H2,1H3/b53-37-,57-51+,58-55-. The van der Waals surface area contributed by atoms with Gasteiger partial charge in [-0.15, -0.1) is 11.3 Å². The van der Waals surface area contributed by atoms with Gasteiger partial charge in [-0.25, -0.2) is 9.98 Å². The molecule has 1 aliphatic carbocycles. The van der Waals surface area contributed by atoms with Gasteiger partial charge < -0.3 is 0 Å². The zero-order valence-electron chi connectivity index (χ0n) is 32.8. The Labute approximate surface area is 349 Å². The number of rotatable bonds is 6. The minimum Gasteiger partial charge on any atom is -0.232 e. The molecule has 0 radical (unpaired) electrons. The maximum Gasteiger partial charge on any atom is 0.160 e. The van der Waals surface area contributed by atoms with E-state index < -0.39 is 5.41 Å². The molecular weight excluding hydrogens is 733 g/mol. The van der Waals surface area contributed by atoms with E-state index in [9.17, 15) is 0 Å². The Morgan fingerprint density at radius 3 is 1.76 bits per heavy atom. The summed E-state index contributed by atoms with van der Waals surface area (Å²) in [5, 5.41) is 2.58. The lowest BCUT2D eigenvalue weighted by molar-refractivity contribution is 0.768. The van der Waals surface area contributed by atoms with Gasteiger partial charge in [-0.2, -0.15) is 0 Å². The molecule has 2 heterocycles. The van der Waals surface area contributed by atoms with E-state index in [-0.39, 0.29) is 0 Å². The number of hydrogen-bond acceptors (Lipinski definition) is 3. The highest BCUT2D eigenvalue weighted by Gasteiger charge is 2.46. The van der Waals surface area contributed by atoms with Gasteiger partial charge in [-0.05, 0) is 88.0 Å². The molecule has 0 bridgehead atoms. The number of amidine groups is 1. The summed E-state index contributed by atoms with van der Waals surface area (Å²) in [5.74, 6) is 0.730. The second-order valence-electron chi connectivity index (χ2n) is 15.6. The highest BCUT2D eigenvalue weighted by Crippen LogP contribution is 2.58. The molecule has 0 fully saturated rings. The third kappa shape index (κ3) is 5.76. The van der Waals surface area contributed by atoms with E-state index in [1.807, 2.05) is 11.3 Å². The quantitative estimate of drug-likeness (QED) is 0.161. The van der Waals surface area contributed by atoms with Crippen molar-refractivity contribution < 1.29 is 0 Å². The predicted molar refractivity (Wildman–Crippen MR) is 250 cm³/mol. The molecule has 0 unspecified atom stereocenters. The first-order chi connectivity index (χ1) is 29.2. The first-order valence-electron chi connectivity index (χ1n) is 20.5. The number of nitrogens with zero attached hydrogens (tertiary/aromatic N) is 2. The molecule has 280 valence electrons. The van der Waals surface area contributed by atoms with Crippen molar-refractivity contribution in [1.29, 1.82) is 0 Å². The highest BCUT2D eigenvalue weighted by molar-refractivity contribution is 7.26. The smallest absolute Gasteiger partial charge is 0.160 e. The van der Waals surface area contributed by atoms with Crippen LogP contribution in [0.5, 0.6) is 0 Å². The minimum atomic E-state index is -0.533. The van der Waals surface area contributed by atoms with E-state index in [2.05, 4.69) is 207 Å². The van der Waals surface area contributed by atoms with Crippen LogP contribution in [0.15, 0.2) is 216 Å². The second kappa shape index (κ2) is 14.5. The van der Waals surface area contributed by atoms with Crippen molar-refractivity contribution in [3.63, 3.8) is 0 Å². The van der Waals surface area contributed by atoms with Gasteiger partial charge in [0.15, 0.2) is 5.84 Å². The van der Waals surface area contributed by atoms with E-state index in [0.717, 1.165) is 41.2 Å². The van der Waals surface area contributed by atoms with Gasteiger partial charge in [0.2, 0.25) is 0 Å². The largest absolute Gasteiger partial charge is 0.232 e. The number of hydrogen-bond donors (Lipinski definition) is 0. The molecule has 0 N–H and O–H groups in total. The molecule has 1 aromatic heterocycles. The highest BCUT2D eigenvalue weighted by atomic mass is 32.1. The third-order valence-corrected chi connectivity index (χ3v) is 13.5. The summed E-state index contributed by atoms with van der Waals surface area (Å²) in [6, 6.07) is 72.8. The van der Waals surface area contributed by atoms with E-state index in [1.165, 1.54) is 75.8 Å². The Morgan fingerprint density at radius 1 is 0.441 bits per heavy atom. The molecule has 11 rings (SSSR count). The number of allylic oxidation sites excluding steroid dienone is 1. The Balaban J connectivity index is 1.19. The van der Waals surface area contributed by atoms with E-state index >= 15 is 0 Å². The maximum atomic E-state index is 5.72. The summed E-state index contributed by atoms with van der Waals surface area (Å²) >= 11 is 1.86. The first kappa shape index (κ1) is 35.2. The van der Waals surface area contributed by atoms with Gasteiger partial charge in [0.1, 0.15) is 0 Å². The molecule has 2 nitrogen and oxygen atoms in total. The van der Waals surface area contributed by atoms with Crippen molar-refractivity contribution in [2.75, 3.05) is 0 Å². The summed E-state index contributed by atoms with van der Waals surface area (Å²) in [7, 11) is 0. The Hall–Kier alpha value is -6.94. The molecule has 59 heavy (non-hydrogen) atoms. The van der Waals surface area contributed by atoms with E-state index in [1.54, 1.807) is 0 Å². The number of thiophene rings is 1. The van der Waals surface area contributed by atoms with Crippen molar-refractivity contribution in [3.8, 4) is 22.3 Å². The average molecular weight is 773 g/mol. The maximum absolute atomic E-state index is 5.72. The van der Waals surface area contributed by atoms with Crippen molar-refractivity contribution in [1.82, 2.24) is 0 Å². The topological polar surface area (TPSA) is 24.7 Å². The Bertz CT molecular complexity index is 3100. The van der Waals surface area contributed by atoms with Crippen LogP contribution in [-0.4, -0.2) is 11.5 Å². The van der Waals surface area contributed by atoms with Gasteiger partial charge >= 0.3 is 0 Å². The van der Waals surface area contributed by atoms with Gasteiger partial charge in [-0.3, -0.25) is 0 Å². The zero-order chi connectivity index (χ0) is 39.3. The SMILES string of the molecule is C/C1=C(c2cc3c(cc2-c2ccccc2)-c2ccccc2C3(c2ccccc2)c2ccccc2)/N=C(c2ccccc2)\N=C(\c2cccc3c2sc2ccccc23)CC1. The summed E-state index contributed by atoms with van der Waals surface area (Å²) in [4.78, 5) is 11.3. The van der Waals surface area contributed by atoms with Crippen LogP contribution in [0.25, 0.3) is 48.1 Å². The lowest BCUT2D eigenvalue weighted by atomic mass is 9.67. The lowest BCUT2D eigenvalue weighted by Gasteiger charge is -2.34. The molecule has 0 amide bonds. The number of fused-ring (bicyclic) bond motifs is 6. The summed E-state index contributed by atoms with van der Waals surface area (Å²) in [5.41, 5.74) is 16.0. The Kier molecular flexibility index (Phi) is 8.64. The van der Waals surface area contributed by atoms with Crippen molar-refractivity contribution in [3.05, 3.63) is 245 Å². The average Bonchev–Trinajstić information content (AvgIpc) is 3.83. The number of aliphatic imine (C=N–C) groups is 2. The van der Waals surface area contributed by atoms with Crippen molar-refractivity contribution in [2.45, 2.75) is 25.2 Å². The van der Waals surface area contributed by atoms with Crippen LogP contribution < -0.4 is 0 Å². The van der Waals surface area contributed by atoms with Crippen LogP contribution in [0.2, 0.25) is 0 Å². The van der Waals surface area contributed by atoms with Gasteiger partial charge in [-0.1, -0.05) is 182 Å². The van der Waals surface area contributed by atoms with Crippen LogP contribution in [0, 0.1) is 0 Å². The molecule has 0 atom stereocenters. The lowest BCUT2D eigenvalue weighted by Crippen LogP contribution is -2.28. The summed E-state index contributed by atoms with van der Waals surface area (Å²) in [6.45, 7) is 2.28. The fourth-order valence-corrected chi connectivity index (χ4v) is 10.8. The van der Waals surface area contributed by atoms with E-state index in [0.29, 0.717) is 0 Å². The third-order valence-electron chi connectivity index (χ3n) is 12.3. The monoisotopic (exact) mass is 772 g/mol. The van der Waals surface area contributed by atoms with Crippen LogP contribution in [0.1, 0.15) is 58.7 Å². The zero-order valence-corrected chi connectivity index (χ0v) is 33.6. The van der Waals surface area contributed by atoms with Crippen LogP contribution in [-0.2, 0) is 5.41 Å².